The van der Waals surface area contributed by atoms with Crippen molar-refractivity contribution in [3.05, 3.63) is 83.9 Å². The summed E-state index contributed by atoms with van der Waals surface area (Å²) in [5, 5.41) is 8.72. The van der Waals surface area contributed by atoms with Gasteiger partial charge < -0.3 is 36.3 Å². The molecule has 2 aromatic heterocycles. The fourth-order valence-electron chi connectivity index (χ4n) is 5.78. The molecule has 1 saturated heterocycles. The molecule has 0 saturated carbocycles. The predicted molar refractivity (Wildman–Crippen MR) is 182 cm³/mol. The van der Waals surface area contributed by atoms with Crippen molar-refractivity contribution >= 4 is 29.4 Å². The molecule has 0 radical (unpaired) electrons. The number of hydrogen-bond acceptors (Lipinski definition) is 8. The number of amides is 3. The quantitative estimate of drug-likeness (QED) is 0.151. The summed E-state index contributed by atoms with van der Waals surface area (Å²) in [7, 11) is 1.29. The SMILES string of the molecule is COC(=O)N[C@H](C(=O)N1CCC[C@H]1c1ncc(-c2ccc(-c3ccc(NC(=O)c4ccc(NCCN)nc4)cc3C)cc2)[nH]1)C(C)C. The van der Waals surface area contributed by atoms with E-state index in [0.717, 1.165) is 46.6 Å². The standard InChI is InChI=1S/C35H42N8O4/c1-21(2)31(42-35(46)47-4)34(45)43-17-5-6-29(43)32-39-20-28(41-32)24-9-7-23(8-10-24)27-13-12-26(18-22(27)3)40-33(44)25-11-14-30(38-19-25)37-16-15-36/h7-14,18-21,29,31H,5-6,15-17,36H2,1-4H3,(H,37,38)(H,39,41)(H,40,44)(H,42,46)/t29-,31-/m0/s1. The van der Waals surface area contributed by atoms with Crippen molar-refractivity contribution in [1.82, 2.24) is 25.2 Å². The summed E-state index contributed by atoms with van der Waals surface area (Å²) >= 11 is 0. The zero-order valence-electron chi connectivity index (χ0n) is 27.2. The van der Waals surface area contributed by atoms with Crippen molar-refractivity contribution in [3.63, 3.8) is 0 Å². The van der Waals surface area contributed by atoms with Gasteiger partial charge in [-0.1, -0.05) is 44.2 Å². The third kappa shape index (κ3) is 7.78. The van der Waals surface area contributed by atoms with E-state index in [2.05, 4.69) is 43.0 Å². The van der Waals surface area contributed by atoms with Crippen LogP contribution in [-0.4, -0.2) is 70.5 Å². The Hall–Kier alpha value is -5.23. The van der Waals surface area contributed by atoms with Gasteiger partial charge in [0.25, 0.3) is 5.91 Å². The number of carbonyl (C=O) groups is 3. The second-order valence-corrected chi connectivity index (χ2v) is 11.9. The first-order valence-electron chi connectivity index (χ1n) is 15.8. The van der Waals surface area contributed by atoms with E-state index in [1.165, 1.54) is 13.3 Å². The number of aromatic amines is 1. The molecule has 2 atom stereocenters. The normalized spacial score (nSPS) is 14.9. The average molecular weight is 639 g/mol. The van der Waals surface area contributed by atoms with E-state index >= 15 is 0 Å². The summed E-state index contributed by atoms with van der Waals surface area (Å²) in [4.78, 5) is 52.3. The number of alkyl carbamates (subject to hydrolysis) is 1. The molecule has 5 rings (SSSR count). The van der Waals surface area contributed by atoms with E-state index in [4.69, 9.17) is 10.5 Å². The number of aryl methyl sites for hydroxylation is 1. The second kappa shape index (κ2) is 14.9. The maximum Gasteiger partial charge on any atom is 0.407 e. The number of likely N-dealkylation sites (tertiary alicyclic amines) is 1. The maximum absolute atomic E-state index is 13.5. The third-order valence-electron chi connectivity index (χ3n) is 8.31. The number of anilines is 2. The monoisotopic (exact) mass is 638 g/mol. The van der Waals surface area contributed by atoms with Gasteiger partial charge in [0.15, 0.2) is 0 Å². The zero-order valence-corrected chi connectivity index (χ0v) is 27.2. The van der Waals surface area contributed by atoms with Gasteiger partial charge in [-0.25, -0.2) is 14.8 Å². The van der Waals surface area contributed by atoms with Crippen LogP contribution in [0.5, 0.6) is 0 Å². The molecule has 3 heterocycles. The molecule has 0 unspecified atom stereocenters. The first kappa shape index (κ1) is 33.1. The summed E-state index contributed by atoms with van der Waals surface area (Å²) in [6, 6.07) is 16.6. The third-order valence-corrected chi connectivity index (χ3v) is 8.31. The number of aromatic nitrogens is 3. The Balaban J connectivity index is 1.24. The number of hydrogen-bond donors (Lipinski definition) is 5. The number of H-pyrrole nitrogens is 1. The number of carbonyl (C=O) groups excluding carboxylic acids is 3. The Morgan fingerprint density at radius 3 is 2.47 bits per heavy atom. The van der Waals surface area contributed by atoms with Crippen molar-refractivity contribution in [1.29, 1.82) is 0 Å². The van der Waals surface area contributed by atoms with Gasteiger partial charge in [0.2, 0.25) is 5.91 Å². The first-order valence-corrected chi connectivity index (χ1v) is 15.8. The number of benzene rings is 2. The van der Waals surface area contributed by atoms with Crippen LogP contribution in [0.25, 0.3) is 22.4 Å². The Morgan fingerprint density at radius 1 is 1.04 bits per heavy atom. The molecule has 1 fully saturated rings. The van der Waals surface area contributed by atoms with E-state index in [0.29, 0.717) is 36.7 Å². The summed E-state index contributed by atoms with van der Waals surface area (Å²) in [6.45, 7) is 7.51. The highest BCUT2D eigenvalue weighted by Crippen LogP contribution is 2.33. The molecule has 1 aliphatic heterocycles. The van der Waals surface area contributed by atoms with Crippen LogP contribution in [-0.2, 0) is 9.53 Å². The number of imidazole rings is 1. The van der Waals surface area contributed by atoms with Crippen molar-refractivity contribution in [2.45, 2.75) is 45.7 Å². The highest BCUT2D eigenvalue weighted by Gasteiger charge is 2.37. The molecule has 1 aliphatic rings. The molecular weight excluding hydrogens is 596 g/mol. The molecule has 12 nitrogen and oxygen atoms in total. The van der Waals surface area contributed by atoms with Crippen molar-refractivity contribution in [2.75, 3.05) is 37.4 Å². The summed E-state index contributed by atoms with van der Waals surface area (Å²) in [5.74, 6) is 0.917. The molecule has 6 N–H and O–H groups in total. The molecule has 246 valence electrons. The van der Waals surface area contributed by atoms with Crippen molar-refractivity contribution < 1.29 is 19.1 Å². The van der Waals surface area contributed by atoms with Gasteiger partial charge in [-0.2, -0.15) is 0 Å². The average Bonchev–Trinajstić information content (AvgIpc) is 3.77. The Morgan fingerprint density at radius 2 is 1.81 bits per heavy atom. The number of nitrogens with zero attached hydrogens (tertiary/aromatic N) is 3. The first-order chi connectivity index (χ1) is 22.7. The van der Waals surface area contributed by atoms with Crippen molar-refractivity contribution in [3.8, 4) is 22.4 Å². The van der Waals surface area contributed by atoms with E-state index in [-0.39, 0.29) is 23.8 Å². The maximum atomic E-state index is 13.5. The molecule has 0 aliphatic carbocycles. The second-order valence-electron chi connectivity index (χ2n) is 11.9. The number of ether oxygens (including phenoxy) is 1. The highest BCUT2D eigenvalue weighted by atomic mass is 16.5. The number of nitrogens with two attached hydrogens (primary N) is 1. The topological polar surface area (TPSA) is 167 Å². The lowest BCUT2D eigenvalue weighted by atomic mass is 9.98. The molecule has 0 bridgehead atoms. The lowest BCUT2D eigenvalue weighted by molar-refractivity contribution is -0.135. The molecule has 3 amide bonds. The largest absolute Gasteiger partial charge is 0.453 e. The van der Waals surface area contributed by atoms with Crippen LogP contribution in [0.4, 0.5) is 16.3 Å². The Labute approximate surface area is 274 Å². The van der Waals surface area contributed by atoms with Gasteiger partial charge in [-0.3, -0.25) is 9.59 Å². The Bertz CT molecular complexity index is 1700. The van der Waals surface area contributed by atoms with Crippen LogP contribution in [0.1, 0.15) is 54.5 Å². The number of methoxy groups -OCH3 is 1. The van der Waals surface area contributed by atoms with Crippen LogP contribution in [0, 0.1) is 12.8 Å². The minimum absolute atomic E-state index is 0.0996. The molecule has 4 aromatic rings. The molecule has 12 heteroatoms. The van der Waals surface area contributed by atoms with Crippen LogP contribution in [0.3, 0.4) is 0 Å². The van der Waals surface area contributed by atoms with E-state index in [1.54, 1.807) is 23.2 Å². The summed E-state index contributed by atoms with van der Waals surface area (Å²) in [5.41, 5.74) is 11.6. The zero-order chi connectivity index (χ0) is 33.5. The molecule has 47 heavy (non-hydrogen) atoms. The van der Waals surface area contributed by atoms with Gasteiger partial charge in [-0.05, 0) is 72.2 Å². The smallest absolute Gasteiger partial charge is 0.407 e. The van der Waals surface area contributed by atoms with Gasteiger partial charge in [-0.15, -0.1) is 0 Å². The van der Waals surface area contributed by atoms with E-state index in [9.17, 15) is 14.4 Å². The minimum Gasteiger partial charge on any atom is -0.453 e. The van der Waals surface area contributed by atoms with Gasteiger partial charge >= 0.3 is 6.09 Å². The van der Waals surface area contributed by atoms with Gasteiger partial charge in [0.1, 0.15) is 17.7 Å². The fourth-order valence-corrected chi connectivity index (χ4v) is 5.78. The Kier molecular flexibility index (Phi) is 10.5. The molecule has 0 spiro atoms. The lowest BCUT2D eigenvalue weighted by Gasteiger charge is -2.30. The fraction of sp³-hybridized carbons (Fsp3) is 0.343. The van der Waals surface area contributed by atoms with Crippen LogP contribution in [0.2, 0.25) is 0 Å². The van der Waals surface area contributed by atoms with E-state index in [1.807, 2.05) is 51.1 Å². The van der Waals surface area contributed by atoms with Crippen molar-refractivity contribution in [2.24, 2.45) is 11.7 Å². The molecule has 2 aromatic carbocycles. The number of pyridine rings is 1. The van der Waals surface area contributed by atoms with Crippen LogP contribution >= 0.6 is 0 Å². The van der Waals surface area contributed by atoms with E-state index < -0.39 is 12.1 Å². The summed E-state index contributed by atoms with van der Waals surface area (Å²) in [6.07, 6.45) is 4.34. The van der Waals surface area contributed by atoms with Crippen LogP contribution in [0.15, 0.2) is 67.0 Å². The lowest BCUT2D eigenvalue weighted by Crippen LogP contribution is -2.51. The number of nitrogens with one attached hydrogen (secondary N) is 4. The van der Waals surface area contributed by atoms with Gasteiger partial charge in [0.05, 0.1) is 30.6 Å². The van der Waals surface area contributed by atoms with Gasteiger partial charge in [0, 0.05) is 31.5 Å². The molecular formula is C35H42N8O4. The van der Waals surface area contributed by atoms with Crippen LogP contribution < -0.4 is 21.7 Å². The minimum atomic E-state index is -0.682. The summed E-state index contributed by atoms with van der Waals surface area (Å²) < 4.78 is 4.74. The predicted octanol–water partition coefficient (Wildman–Crippen LogP) is 5.11. The number of rotatable bonds is 11. The highest BCUT2D eigenvalue weighted by molar-refractivity contribution is 6.04.